The first-order valence-electron chi connectivity index (χ1n) is 5.16. The standard InChI is InChI=1S/C11H16N2S.ClH/c1-3-10(7-12-5-1)9-14-11-4-2-6-13-8-11;/h1,3,5,7,11,13H,2,4,6,8-9H2;1H. The van der Waals surface area contributed by atoms with Gasteiger partial charge in [0, 0.05) is 29.9 Å². The van der Waals surface area contributed by atoms with Gasteiger partial charge in [-0.25, -0.2) is 0 Å². The van der Waals surface area contributed by atoms with E-state index in [-0.39, 0.29) is 12.4 Å². The largest absolute Gasteiger partial charge is 0.316 e. The van der Waals surface area contributed by atoms with Gasteiger partial charge in [0.25, 0.3) is 0 Å². The molecule has 0 saturated carbocycles. The first kappa shape index (κ1) is 12.8. The van der Waals surface area contributed by atoms with Gasteiger partial charge in [0.15, 0.2) is 0 Å². The highest BCUT2D eigenvalue weighted by atomic mass is 35.5. The van der Waals surface area contributed by atoms with Crippen molar-refractivity contribution in [2.24, 2.45) is 0 Å². The lowest BCUT2D eigenvalue weighted by molar-refractivity contribution is 0.531. The van der Waals surface area contributed by atoms with Crippen LogP contribution in [0.5, 0.6) is 0 Å². The van der Waals surface area contributed by atoms with Gasteiger partial charge >= 0.3 is 0 Å². The van der Waals surface area contributed by atoms with Crippen LogP contribution in [0, 0.1) is 0 Å². The minimum atomic E-state index is 0. The van der Waals surface area contributed by atoms with Gasteiger partial charge in [-0.3, -0.25) is 4.98 Å². The van der Waals surface area contributed by atoms with E-state index in [0.717, 1.165) is 11.0 Å². The van der Waals surface area contributed by atoms with Gasteiger partial charge in [-0.1, -0.05) is 6.07 Å². The van der Waals surface area contributed by atoms with Crippen molar-refractivity contribution in [1.82, 2.24) is 10.3 Å². The smallest absolute Gasteiger partial charge is 0.0308 e. The summed E-state index contributed by atoms with van der Waals surface area (Å²) in [5, 5.41) is 4.23. The van der Waals surface area contributed by atoms with Crippen LogP contribution in [0.1, 0.15) is 18.4 Å². The van der Waals surface area contributed by atoms with Crippen molar-refractivity contribution in [2.75, 3.05) is 13.1 Å². The molecule has 0 radical (unpaired) electrons. The van der Waals surface area contributed by atoms with Crippen LogP contribution in [0.25, 0.3) is 0 Å². The van der Waals surface area contributed by atoms with Gasteiger partial charge in [-0.15, -0.1) is 12.4 Å². The summed E-state index contributed by atoms with van der Waals surface area (Å²) in [6.07, 6.45) is 6.47. The second kappa shape index (κ2) is 7.09. The van der Waals surface area contributed by atoms with Crippen LogP contribution >= 0.6 is 24.2 Å². The third-order valence-corrected chi connectivity index (χ3v) is 3.83. The number of halogens is 1. The number of hydrogen-bond donors (Lipinski definition) is 1. The fourth-order valence-corrected chi connectivity index (χ4v) is 2.83. The predicted molar refractivity (Wildman–Crippen MR) is 68.7 cm³/mol. The van der Waals surface area contributed by atoms with E-state index < -0.39 is 0 Å². The molecule has 2 nitrogen and oxygen atoms in total. The molecular weight excluding hydrogens is 228 g/mol. The molecule has 1 N–H and O–H groups in total. The third-order valence-electron chi connectivity index (χ3n) is 2.46. The van der Waals surface area contributed by atoms with Crippen LogP contribution in [0.4, 0.5) is 0 Å². The first-order chi connectivity index (χ1) is 6.95. The summed E-state index contributed by atoms with van der Waals surface area (Å²) in [5.41, 5.74) is 1.34. The normalized spacial score (nSPS) is 20.7. The molecule has 1 aromatic heterocycles. The van der Waals surface area contributed by atoms with Crippen LogP contribution in [0.15, 0.2) is 24.5 Å². The van der Waals surface area contributed by atoms with Gasteiger partial charge in [0.2, 0.25) is 0 Å². The molecule has 1 saturated heterocycles. The zero-order valence-electron chi connectivity index (χ0n) is 8.69. The Hall–Kier alpha value is -0.250. The van der Waals surface area contributed by atoms with Crippen molar-refractivity contribution in [2.45, 2.75) is 23.8 Å². The zero-order valence-corrected chi connectivity index (χ0v) is 10.3. The number of piperidine rings is 1. The fourth-order valence-electron chi connectivity index (χ4n) is 1.66. The maximum absolute atomic E-state index is 4.12. The van der Waals surface area contributed by atoms with Gasteiger partial charge in [0.1, 0.15) is 0 Å². The molecule has 1 atom stereocenters. The molecule has 1 aliphatic heterocycles. The topological polar surface area (TPSA) is 24.9 Å². The zero-order chi connectivity index (χ0) is 9.64. The maximum atomic E-state index is 4.12. The SMILES string of the molecule is Cl.c1cncc(CSC2CCCNC2)c1. The molecule has 2 heterocycles. The van der Waals surface area contributed by atoms with Crippen LogP contribution in [-0.4, -0.2) is 23.3 Å². The van der Waals surface area contributed by atoms with E-state index in [2.05, 4.69) is 16.4 Å². The van der Waals surface area contributed by atoms with Gasteiger partial charge in [-0.05, 0) is 31.0 Å². The lowest BCUT2D eigenvalue weighted by Crippen LogP contribution is -2.31. The Morgan fingerprint density at radius 1 is 1.53 bits per heavy atom. The predicted octanol–water partition coefficient (Wildman–Crippen LogP) is 2.49. The Bertz CT molecular complexity index is 263. The van der Waals surface area contributed by atoms with Gasteiger partial charge in [-0.2, -0.15) is 11.8 Å². The lowest BCUT2D eigenvalue weighted by Gasteiger charge is -2.21. The van der Waals surface area contributed by atoms with Crippen LogP contribution in [0.3, 0.4) is 0 Å². The van der Waals surface area contributed by atoms with Crippen molar-refractivity contribution in [3.8, 4) is 0 Å². The molecule has 15 heavy (non-hydrogen) atoms. The third kappa shape index (κ3) is 4.41. The maximum Gasteiger partial charge on any atom is 0.0308 e. The Kier molecular flexibility index (Phi) is 6.06. The Morgan fingerprint density at radius 3 is 3.13 bits per heavy atom. The molecule has 0 amide bonds. The molecule has 1 fully saturated rings. The summed E-state index contributed by atoms with van der Waals surface area (Å²) in [4.78, 5) is 4.12. The van der Waals surface area contributed by atoms with Crippen molar-refractivity contribution in [3.63, 3.8) is 0 Å². The molecule has 0 aliphatic carbocycles. The Balaban J connectivity index is 0.00000112. The van der Waals surface area contributed by atoms with E-state index in [1.165, 1.54) is 31.5 Å². The van der Waals surface area contributed by atoms with Crippen LogP contribution in [-0.2, 0) is 5.75 Å². The fraction of sp³-hybridized carbons (Fsp3) is 0.545. The summed E-state index contributed by atoms with van der Waals surface area (Å²) in [6.45, 7) is 2.37. The Labute approximate surface area is 102 Å². The molecule has 0 bridgehead atoms. The molecule has 84 valence electrons. The molecule has 4 heteroatoms. The second-order valence-corrected chi connectivity index (χ2v) is 4.93. The summed E-state index contributed by atoms with van der Waals surface area (Å²) in [6, 6.07) is 4.16. The number of thioether (sulfide) groups is 1. The van der Waals surface area contributed by atoms with E-state index in [4.69, 9.17) is 0 Å². The minimum Gasteiger partial charge on any atom is -0.316 e. The van der Waals surface area contributed by atoms with Crippen molar-refractivity contribution >= 4 is 24.2 Å². The second-order valence-electron chi connectivity index (χ2n) is 3.64. The van der Waals surface area contributed by atoms with E-state index in [1.54, 1.807) is 0 Å². The minimum absolute atomic E-state index is 0. The van der Waals surface area contributed by atoms with E-state index in [9.17, 15) is 0 Å². The number of pyridine rings is 1. The summed E-state index contributed by atoms with van der Waals surface area (Å²) in [5.74, 6) is 1.10. The highest BCUT2D eigenvalue weighted by Gasteiger charge is 2.12. The van der Waals surface area contributed by atoms with Crippen molar-refractivity contribution < 1.29 is 0 Å². The van der Waals surface area contributed by atoms with E-state index in [1.807, 2.05) is 30.2 Å². The summed E-state index contributed by atoms with van der Waals surface area (Å²) < 4.78 is 0. The average Bonchev–Trinajstić information content (AvgIpc) is 2.29. The summed E-state index contributed by atoms with van der Waals surface area (Å²) in [7, 11) is 0. The first-order valence-corrected chi connectivity index (χ1v) is 6.21. The van der Waals surface area contributed by atoms with Crippen molar-refractivity contribution in [3.05, 3.63) is 30.1 Å². The highest BCUT2D eigenvalue weighted by molar-refractivity contribution is 7.99. The quantitative estimate of drug-likeness (QED) is 0.885. The number of nitrogens with zero attached hydrogens (tertiary/aromatic N) is 1. The molecule has 0 spiro atoms. The lowest BCUT2D eigenvalue weighted by atomic mass is 10.2. The van der Waals surface area contributed by atoms with Crippen LogP contribution in [0.2, 0.25) is 0 Å². The van der Waals surface area contributed by atoms with Gasteiger partial charge < -0.3 is 5.32 Å². The molecular formula is C11H17ClN2S. The number of nitrogens with one attached hydrogen (secondary N) is 1. The molecule has 1 unspecified atom stereocenters. The molecule has 2 rings (SSSR count). The number of hydrogen-bond acceptors (Lipinski definition) is 3. The van der Waals surface area contributed by atoms with E-state index in [0.29, 0.717) is 0 Å². The molecule has 1 aromatic rings. The number of rotatable bonds is 3. The monoisotopic (exact) mass is 244 g/mol. The number of aromatic nitrogens is 1. The van der Waals surface area contributed by atoms with Crippen LogP contribution < -0.4 is 5.32 Å². The highest BCUT2D eigenvalue weighted by Crippen LogP contribution is 2.22. The molecule has 1 aliphatic rings. The van der Waals surface area contributed by atoms with E-state index >= 15 is 0 Å². The average molecular weight is 245 g/mol. The summed E-state index contributed by atoms with van der Waals surface area (Å²) >= 11 is 2.05. The van der Waals surface area contributed by atoms with Crippen molar-refractivity contribution in [1.29, 1.82) is 0 Å². The Morgan fingerprint density at radius 2 is 2.47 bits per heavy atom. The van der Waals surface area contributed by atoms with Gasteiger partial charge in [0.05, 0.1) is 0 Å². The molecule has 0 aromatic carbocycles.